The van der Waals surface area contributed by atoms with E-state index in [0.29, 0.717) is 6.61 Å². The number of aryl methyl sites for hydroxylation is 2. The molecule has 0 radical (unpaired) electrons. The van der Waals surface area contributed by atoms with Gasteiger partial charge in [-0.05, 0) is 30.4 Å². The second-order valence-corrected chi connectivity index (χ2v) is 5.31. The summed E-state index contributed by atoms with van der Waals surface area (Å²) in [4.78, 5) is 0. The van der Waals surface area contributed by atoms with Gasteiger partial charge in [0.05, 0.1) is 18.6 Å². The third kappa shape index (κ3) is 4.04. The van der Waals surface area contributed by atoms with Crippen LogP contribution in [0.2, 0.25) is 0 Å². The van der Waals surface area contributed by atoms with Gasteiger partial charge in [-0.2, -0.15) is 0 Å². The third-order valence-corrected chi connectivity index (χ3v) is 3.59. The van der Waals surface area contributed by atoms with Crippen LogP contribution in [-0.4, -0.2) is 13.2 Å². The Hall–Kier alpha value is -1.48. The van der Waals surface area contributed by atoms with Crippen LogP contribution in [0, 0.1) is 0 Å². The van der Waals surface area contributed by atoms with E-state index >= 15 is 0 Å². The molecule has 0 spiro atoms. The molecule has 0 amide bonds. The lowest BCUT2D eigenvalue weighted by Gasteiger charge is -2.14. The molecule has 2 aromatic rings. The molecular weight excluding hydrogens is 298 g/mol. The minimum Gasteiger partial charge on any atom is -1.00 e. The molecule has 122 valence electrons. The molecule has 0 aliphatic rings. The maximum atomic E-state index is 5.90. The van der Waals surface area contributed by atoms with Crippen molar-refractivity contribution in [3.05, 3.63) is 30.1 Å². The first-order valence-electron chi connectivity index (χ1n) is 7.92. The molecule has 0 fully saturated rings. The minimum atomic E-state index is 0. The van der Waals surface area contributed by atoms with Crippen molar-refractivity contribution in [3.63, 3.8) is 0 Å². The topological polar surface area (TPSA) is 22.3 Å². The van der Waals surface area contributed by atoms with E-state index in [2.05, 4.69) is 56.8 Å². The molecule has 2 rings (SSSR count). The normalized spacial score (nSPS) is 10.4. The highest BCUT2D eigenvalue weighted by molar-refractivity contribution is 5.87. The molecule has 1 heterocycles. The van der Waals surface area contributed by atoms with Crippen molar-refractivity contribution in [2.45, 2.75) is 40.0 Å². The fraction of sp³-hybridized carbons (Fsp3) is 0.500. The lowest BCUT2D eigenvalue weighted by Crippen LogP contribution is -3.00. The molecule has 0 N–H and O–H groups in total. The van der Waals surface area contributed by atoms with Gasteiger partial charge < -0.3 is 21.9 Å². The van der Waals surface area contributed by atoms with Crippen LogP contribution in [0.5, 0.6) is 11.5 Å². The van der Waals surface area contributed by atoms with Gasteiger partial charge in [-0.25, -0.2) is 4.57 Å². The van der Waals surface area contributed by atoms with Crippen molar-refractivity contribution >= 4 is 10.8 Å². The smallest absolute Gasteiger partial charge is 0.188 e. The van der Waals surface area contributed by atoms with Crippen LogP contribution in [0.25, 0.3) is 10.8 Å². The average molecular weight is 324 g/mol. The molecule has 4 heteroatoms. The van der Waals surface area contributed by atoms with Crippen LogP contribution in [0.15, 0.2) is 24.4 Å². The lowest BCUT2D eigenvalue weighted by molar-refractivity contribution is -0.677. The number of hydrogen-bond acceptors (Lipinski definition) is 2. The molecule has 0 bridgehead atoms. The molecule has 0 aliphatic carbocycles. The predicted molar refractivity (Wildman–Crippen MR) is 86.1 cm³/mol. The molecule has 3 nitrogen and oxygen atoms in total. The third-order valence-electron chi connectivity index (χ3n) is 3.59. The largest absolute Gasteiger partial charge is 1.00 e. The zero-order chi connectivity index (χ0) is 15.2. The van der Waals surface area contributed by atoms with Gasteiger partial charge in [0, 0.05) is 12.5 Å². The maximum Gasteiger partial charge on any atom is 0.188 e. The molecule has 0 atom stereocenters. The number of fused-ring (bicyclic) bond motifs is 1. The van der Waals surface area contributed by atoms with E-state index in [0.717, 1.165) is 37.4 Å². The van der Waals surface area contributed by atoms with Gasteiger partial charge in [0.25, 0.3) is 0 Å². The summed E-state index contributed by atoms with van der Waals surface area (Å²) in [6, 6.07) is 6.38. The zero-order valence-electron chi connectivity index (χ0n) is 14.0. The second-order valence-electron chi connectivity index (χ2n) is 5.31. The van der Waals surface area contributed by atoms with Crippen LogP contribution < -0.4 is 26.4 Å². The lowest BCUT2D eigenvalue weighted by atomic mass is 10.1. The van der Waals surface area contributed by atoms with Crippen molar-refractivity contribution < 1.29 is 26.4 Å². The number of nitrogens with zero attached hydrogens (tertiary/aromatic N) is 1. The molecule has 0 saturated heterocycles. The molecular formula is C18H26ClNO2. The highest BCUT2D eigenvalue weighted by Crippen LogP contribution is 2.33. The minimum absolute atomic E-state index is 0. The summed E-state index contributed by atoms with van der Waals surface area (Å²) in [6.07, 6.45) is 5.09. The SMILES string of the molecule is CCCOc1cc2cc[n+](C)c(CC)c2cc1OCCC.[Cl-]. The van der Waals surface area contributed by atoms with Gasteiger partial charge in [-0.3, -0.25) is 0 Å². The van der Waals surface area contributed by atoms with Gasteiger partial charge in [0.2, 0.25) is 0 Å². The van der Waals surface area contributed by atoms with Crippen LogP contribution >= 0.6 is 0 Å². The van der Waals surface area contributed by atoms with Crippen molar-refractivity contribution in [1.82, 2.24) is 0 Å². The monoisotopic (exact) mass is 323 g/mol. The summed E-state index contributed by atoms with van der Waals surface area (Å²) >= 11 is 0. The number of ether oxygens (including phenoxy) is 2. The van der Waals surface area contributed by atoms with Crippen LogP contribution in [0.1, 0.15) is 39.3 Å². The number of halogens is 1. The van der Waals surface area contributed by atoms with E-state index in [1.54, 1.807) is 0 Å². The quantitative estimate of drug-likeness (QED) is 0.704. The zero-order valence-corrected chi connectivity index (χ0v) is 14.7. The fourth-order valence-corrected chi connectivity index (χ4v) is 2.53. The van der Waals surface area contributed by atoms with E-state index in [4.69, 9.17) is 9.47 Å². The Morgan fingerprint density at radius 2 is 1.55 bits per heavy atom. The molecule has 22 heavy (non-hydrogen) atoms. The van der Waals surface area contributed by atoms with E-state index < -0.39 is 0 Å². The molecule has 0 unspecified atom stereocenters. The van der Waals surface area contributed by atoms with Crippen molar-refractivity contribution in [2.24, 2.45) is 7.05 Å². The summed E-state index contributed by atoms with van der Waals surface area (Å²) in [5.41, 5.74) is 1.32. The van der Waals surface area contributed by atoms with E-state index in [1.165, 1.54) is 16.5 Å². The highest BCUT2D eigenvalue weighted by Gasteiger charge is 2.15. The fourth-order valence-electron chi connectivity index (χ4n) is 2.53. The number of hydrogen-bond donors (Lipinski definition) is 0. The summed E-state index contributed by atoms with van der Waals surface area (Å²) < 4.78 is 13.9. The Morgan fingerprint density at radius 3 is 2.09 bits per heavy atom. The van der Waals surface area contributed by atoms with Crippen molar-refractivity contribution in [3.8, 4) is 11.5 Å². The Bertz CT molecular complexity index is 614. The first-order valence-corrected chi connectivity index (χ1v) is 7.92. The standard InChI is InChI=1S/C18H26NO2.ClH/c1-5-10-20-17-12-14-8-9-19(4)16(7-3)15(14)13-18(17)21-11-6-2;/h8-9,12-13H,5-7,10-11H2,1-4H3;1H/q+1;/p-1. The molecule has 1 aromatic carbocycles. The Morgan fingerprint density at radius 1 is 0.955 bits per heavy atom. The number of pyridine rings is 1. The van der Waals surface area contributed by atoms with Gasteiger partial charge >= 0.3 is 0 Å². The van der Waals surface area contributed by atoms with Crippen LogP contribution in [0.4, 0.5) is 0 Å². The van der Waals surface area contributed by atoms with Crippen molar-refractivity contribution in [1.29, 1.82) is 0 Å². The predicted octanol–water partition coefficient (Wildman–Crippen LogP) is 0.808. The second kappa shape index (κ2) is 8.84. The summed E-state index contributed by atoms with van der Waals surface area (Å²) in [5, 5.41) is 2.46. The van der Waals surface area contributed by atoms with E-state index in [-0.39, 0.29) is 12.4 Å². The van der Waals surface area contributed by atoms with Crippen LogP contribution in [-0.2, 0) is 13.5 Å². The number of rotatable bonds is 7. The molecule has 0 saturated carbocycles. The average Bonchev–Trinajstić information content (AvgIpc) is 2.50. The van der Waals surface area contributed by atoms with E-state index in [9.17, 15) is 0 Å². The first kappa shape index (κ1) is 18.6. The highest BCUT2D eigenvalue weighted by atomic mass is 35.5. The summed E-state index contributed by atoms with van der Waals surface area (Å²) in [7, 11) is 2.09. The van der Waals surface area contributed by atoms with Crippen molar-refractivity contribution in [2.75, 3.05) is 13.2 Å². The molecule has 1 aromatic heterocycles. The van der Waals surface area contributed by atoms with Gasteiger partial charge in [0.15, 0.2) is 23.4 Å². The molecule has 0 aliphatic heterocycles. The maximum absolute atomic E-state index is 5.90. The number of benzene rings is 1. The van der Waals surface area contributed by atoms with Gasteiger partial charge in [0.1, 0.15) is 7.05 Å². The van der Waals surface area contributed by atoms with Gasteiger partial charge in [-0.1, -0.05) is 20.8 Å². The Labute approximate surface area is 139 Å². The Kier molecular flexibility index (Phi) is 7.46. The van der Waals surface area contributed by atoms with E-state index in [1.807, 2.05) is 0 Å². The number of aromatic nitrogens is 1. The first-order chi connectivity index (χ1) is 10.2. The van der Waals surface area contributed by atoms with Gasteiger partial charge in [-0.15, -0.1) is 0 Å². The van der Waals surface area contributed by atoms with Crippen LogP contribution in [0.3, 0.4) is 0 Å². The summed E-state index contributed by atoms with van der Waals surface area (Å²) in [6.45, 7) is 7.85. The summed E-state index contributed by atoms with van der Waals surface area (Å²) in [5.74, 6) is 1.72. The Balaban J connectivity index is 0.00000242.